The van der Waals surface area contributed by atoms with Gasteiger partial charge in [0, 0.05) is 45.1 Å². The number of guanidine groups is 1. The molecule has 0 radical (unpaired) electrons. The second kappa shape index (κ2) is 12.3. The van der Waals surface area contributed by atoms with Crippen molar-refractivity contribution in [2.24, 2.45) is 16.5 Å². The molecule has 0 rings (SSSR count). The Kier molecular flexibility index (Phi) is 11.1. The maximum Gasteiger partial charge on any atom is 0.306 e. The van der Waals surface area contributed by atoms with Crippen molar-refractivity contribution in [2.75, 3.05) is 13.2 Å². The van der Waals surface area contributed by atoms with Gasteiger partial charge in [0.05, 0.1) is 13.0 Å². The topological polar surface area (TPSA) is 142 Å². The summed E-state index contributed by atoms with van der Waals surface area (Å²) in [5.41, 5.74) is 10.3. The lowest BCUT2D eigenvalue weighted by Crippen LogP contribution is -2.23. The van der Waals surface area contributed by atoms with E-state index in [-0.39, 0.29) is 68.4 Å². The van der Waals surface area contributed by atoms with Gasteiger partial charge < -0.3 is 21.0 Å². The first kappa shape index (κ1) is 20.8. The number of nitrogens with zero attached hydrogens (tertiary/aromatic N) is 1. The number of aliphatic imine (C=N–C) groups is 1. The van der Waals surface area contributed by atoms with Crippen molar-refractivity contribution in [3.63, 3.8) is 0 Å². The fourth-order valence-corrected chi connectivity index (χ4v) is 1.62. The maximum absolute atomic E-state index is 11.6. The fraction of sp³-hybridized carbons (Fsp3) is 0.667. The molecule has 0 aromatic rings. The van der Waals surface area contributed by atoms with Crippen molar-refractivity contribution in [3.8, 4) is 0 Å². The highest BCUT2D eigenvalue weighted by molar-refractivity contribution is 5.89. The van der Waals surface area contributed by atoms with Crippen LogP contribution >= 0.6 is 0 Å². The predicted molar refractivity (Wildman–Crippen MR) is 84.6 cm³/mol. The normalized spacial score (nSPS) is 9.96. The first-order valence-electron chi connectivity index (χ1n) is 7.55. The Labute approximate surface area is 135 Å². The molecule has 0 saturated carbocycles. The highest BCUT2D eigenvalue weighted by Crippen LogP contribution is 2.04. The number of hydrogen-bond acceptors (Lipinski definition) is 6. The lowest BCUT2D eigenvalue weighted by molar-refractivity contribution is -0.144. The van der Waals surface area contributed by atoms with Gasteiger partial charge in [-0.05, 0) is 6.92 Å². The summed E-state index contributed by atoms with van der Waals surface area (Å²) < 4.78 is 4.92. The fourth-order valence-electron chi connectivity index (χ4n) is 1.62. The molecule has 0 aromatic carbocycles. The van der Waals surface area contributed by atoms with Crippen LogP contribution in [-0.2, 0) is 23.9 Å². The molecule has 0 amide bonds. The zero-order valence-electron chi connectivity index (χ0n) is 13.5. The summed E-state index contributed by atoms with van der Waals surface area (Å²) in [6.07, 6.45) is 1.12. The molecular formula is C15H25N3O5. The van der Waals surface area contributed by atoms with Crippen molar-refractivity contribution < 1.29 is 23.9 Å². The molecule has 8 heteroatoms. The number of hydrogen-bond donors (Lipinski definition) is 2. The molecule has 4 N–H and O–H groups in total. The number of esters is 1. The predicted octanol–water partition coefficient (Wildman–Crippen LogP) is 0.261. The van der Waals surface area contributed by atoms with Gasteiger partial charge >= 0.3 is 5.97 Å². The lowest BCUT2D eigenvalue weighted by atomic mass is 10.0. The molecule has 0 aliphatic carbocycles. The van der Waals surface area contributed by atoms with Crippen LogP contribution < -0.4 is 11.5 Å². The molecule has 8 nitrogen and oxygen atoms in total. The van der Waals surface area contributed by atoms with E-state index in [4.69, 9.17) is 16.2 Å². The molecule has 0 aliphatic heterocycles. The van der Waals surface area contributed by atoms with E-state index in [2.05, 4.69) is 4.99 Å². The quantitative estimate of drug-likeness (QED) is 0.214. The van der Waals surface area contributed by atoms with E-state index in [0.717, 1.165) is 0 Å². The summed E-state index contributed by atoms with van der Waals surface area (Å²) in [7, 11) is 0. The van der Waals surface area contributed by atoms with Gasteiger partial charge in [0.25, 0.3) is 0 Å². The average molecular weight is 327 g/mol. The minimum atomic E-state index is -0.467. The van der Waals surface area contributed by atoms with Crippen LogP contribution in [0.15, 0.2) is 4.99 Å². The van der Waals surface area contributed by atoms with Gasteiger partial charge in [0.15, 0.2) is 5.96 Å². The third-order valence-corrected chi connectivity index (χ3v) is 2.91. The summed E-state index contributed by atoms with van der Waals surface area (Å²) in [6, 6.07) is 0. The summed E-state index contributed by atoms with van der Waals surface area (Å²) >= 11 is 0. The number of carbonyl (C=O) groups is 4. The Morgan fingerprint density at radius 1 is 0.870 bits per heavy atom. The van der Waals surface area contributed by atoms with Crippen LogP contribution in [0.25, 0.3) is 0 Å². The summed E-state index contributed by atoms with van der Waals surface area (Å²) in [4.78, 5) is 48.9. The van der Waals surface area contributed by atoms with Crippen LogP contribution in [0.3, 0.4) is 0 Å². The smallest absolute Gasteiger partial charge is 0.306 e. The lowest BCUT2D eigenvalue weighted by Gasteiger charge is -2.04. The molecule has 0 saturated heterocycles. The van der Waals surface area contributed by atoms with Gasteiger partial charge in [-0.3, -0.25) is 19.4 Å². The van der Waals surface area contributed by atoms with E-state index >= 15 is 0 Å². The summed E-state index contributed by atoms with van der Waals surface area (Å²) in [6.45, 7) is 1.98. The maximum atomic E-state index is 11.6. The number of rotatable bonds is 13. The second-order valence-electron chi connectivity index (χ2n) is 5.16. The monoisotopic (exact) mass is 327 g/mol. The van der Waals surface area contributed by atoms with E-state index in [1.807, 2.05) is 0 Å². The first-order chi connectivity index (χ1) is 10.8. The van der Waals surface area contributed by atoms with Gasteiger partial charge in [-0.1, -0.05) is 0 Å². The molecule has 0 aromatic heterocycles. The van der Waals surface area contributed by atoms with E-state index in [9.17, 15) is 19.2 Å². The molecule has 0 bridgehead atoms. The first-order valence-corrected chi connectivity index (χ1v) is 7.55. The van der Waals surface area contributed by atoms with Gasteiger partial charge in [-0.2, -0.15) is 0 Å². The number of ketones is 3. The second-order valence-corrected chi connectivity index (χ2v) is 5.16. The molecule has 0 aliphatic rings. The zero-order valence-corrected chi connectivity index (χ0v) is 13.5. The van der Waals surface area contributed by atoms with Gasteiger partial charge in [0.2, 0.25) is 0 Å². The van der Waals surface area contributed by atoms with Crippen molar-refractivity contribution in [1.82, 2.24) is 0 Å². The van der Waals surface area contributed by atoms with Crippen molar-refractivity contribution in [1.29, 1.82) is 0 Å². The summed E-state index contributed by atoms with van der Waals surface area (Å²) in [5, 5.41) is 0. The number of nitrogens with two attached hydrogens (primary N) is 2. The van der Waals surface area contributed by atoms with Crippen LogP contribution in [-0.4, -0.2) is 42.4 Å². The molecular weight excluding hydrogens is 302 g/mol. The third-order valence-electron chi connectivity index (χ3n) is 2.91. The van der Waals surface area contributed by atoms with Gasteiger partial charge in [0.1, 0.15) is 17.3 Å². The zero-order chi connectivity index (χ0) is 17.7. The van der Waals surface area contributed by atoms with Crippen LogP contribution in [0, 0.1) is 0 Å². The summed E-state index contributed by atoms with van der Waals surface area (Å²) in [5.74, 6) is -0.813. The van der Waals surface area contributed by atoms with Crippen LogP contribution in [0.4, 0.5) is 0 Å². The van der Waals surface area contributed by atoms with Crippen molar-refractivity contribution in [3.05, 3.63) is 0 Å². The molecule has 0 fully saturated rings. The Morgan fingerprint density at radius 2 is 1.39 bits per heavy atom. The van der Waals surface area contributed by atoms with Crippen molar-refractivity contribution in [2.45, 2.75) is 51.9 Å². The van der Waals surface area contributed by atoms with E-state index in [0.29, 0.717) is 13.0 Å². The molecule has 0 heterocycles. The Bertz CT molecular complexity index is 456. The minimum absolute atomic E-state index is 0.0111. The van der Waals surface area contributed by atoms with Gasteiger partial charge in [-0.25, -0.2) is 0 Å². The van der Waals surface area contributed by atoms with Crippen LogP contribution in [0.1, 0.15) is 51.9 Å². The molecule has 0 spiro atoms. The average Bonchev–Trinajstić information content (AvgIpc) is 2.48. The molecule has 0 atom stereocenters. The highest BCUT2D eigenvalue weighted by atomic mass is 16.5. The van der Waals surface area contributed by atoms with Gasteiger partial charge in [-0.15, -0.1) is 0 Å². The standard InChI is InChI=1S/C15H25N3O5/c1-11(19)3-4-12(20)5-6-13(21)7-8-14(22)23-10-2-9-18-15(16)17/h2-10H2,1H3,(H4,16,17,18). The van der Waals surface area contributed by atoms with Crippen molar-refractivity contribution >= 4 is 29.3 Å². The minimum Gasteiger partial charge on any atom is -0.466 e. The SMILES string of the molecule is CC(=O)CCC(=O)CCC(=O)CCC(=O)OCCCN=C(N)N. The Balaban J connectivity index is 3.68. The molecule has 130 valence electrons. The number of carbonyl (C=O) groups excluding carboxylic acids is 4. The molecule has 23 heavy (non-hydrogen) atoms. The largest absolute Gasteiger partial charge is 0.466 e. The molecule has 0 unspecified atom stereocenters. The van der Waals surface area contributed by atoms with E-state index in [1.54, 1.807) is 0 Å². The van der Waals surface area contributed by atoms with Crippen LogP contribution in [0.2, 0.25) is 0 Å². The Morgan fingerprint density at radius 3 is 1.91 bits per heavy atom. The van der Waals surface area contributed by atoms with Crippen LogP contribution in [0.5, 0.6) is 0 Å². The Hall–Kier alpha value is -2.25. The van der Waals surface area contributed by atoms with E-state index < -0.39 is 5.97 Å². The highest BCUT2D eigenvalue weighted by Gasteiger charge is 2.11. The number of Topliss-reactive ketones (excluding diaryl/α,β-unsaturated/α-hetero) is 3. The third kappa shape index (κ3) is 14.5. The van der Waals surface area contributed by atoms with E-state index in [1.165, 1.54) is 6.92 Å². The number of ether oxygens (including phenoxy) is 1.